The van der Waals surface area contributed by atoms with Gasteiger partial charge in [0, 0.05) is 37.2 Å². The average Bonchev–Trinajstić information content (AvgIpc) is 3.22. The Morgan fingerprint density at radius 3 is 2.81 bits per heavy atom. The SMILES string of the molecule is Cc1ccc(-c2cnc(CCC(=O)Nc3ccc(N4CCNC(=O)C4)c(Cl)c3)o2)cc1. The van der Waals surface area contributed by atoms with E-state index in [0.29, 0.717) is 41.9 Å². The molecule has 1 saturated heterocycles. The van der Waals surface area contributed by atoms with E-state index in [-0.39, 0.29) is 24.8 Å². The lowest BCUT2D eigenvalue weighted by atomic mass is 10.1. The van der Waals surface area contributed by atoms with Crippen LogP contribution in [0.2, 0.25) is 5.02 Å². The standard InChI is InChI=1S/C23H23ClN4O3/c1-15-2-4-16(5-3-15)20-13-26-23(31-20)9-8-21(29)27-17-6-7-19(18(24)12-17)28-11-10-25-22(30)14-28/h2-7,12-13H,8-11,14H2,1H3,(H,25,30)(H,27,29). The molecule has 1 aliphatic rings. The van der Waals surface area contributed by atoms with Crippen LogP contribution < -0.4 is 15.5 Å². The van der Waals surface area contributed by atoms with Crippen LogP contribution in [0.5, 0.6) is 0 Å². The summed E-state index contributed by atoms with van der Waals surface area (Å²) in [4.78, 5) is 30.1. The number of halogens is 1. The molecule has 0 aliphatic carbocycles. The number of piperazine rings is 1. The molecule has 2 N–H and O–H groups in total. The fourth-order valence-electron chi connectivity index (χ4n) is 3.41. The molecule has 0 atom stereocenters. The molecule has 3 aromatic rings. The van der Waals surface area contributed by atoms with Gasteiger partial charge in [-0.2, -0.15) is 0 Å². The van der Waals surface area contributed by atoms with Gasteiger partial charge in [-0.1, -0.05) is 41.4 Å². The average molecular weight is 439 g/mol. The van der Waals surface area contributed by atoms with Crippen LogP contribution in [0.3, 0.4) is 0 Å². The van der Waals surface area contributed by atoms with Gasteiger partial charge >= 0.3 is 0 Å². The number of oxazole rings is 1. The highest BCUT2D eigenvalue weighted by atomic mass is 35.5. The summed E-state index contributed by atoms with van der Waals surface area (Å²) in [6, 6.07) is 13.3. The Morgan fingerprint density at radius 1 is 1.26 bits per heavy atom. The Balaban J connectivity index is 1.32. The molecule has 31 heavy (non-hydrogen) atoms. The number of aryl methyl sites for hydroxylation is 2. The maximum absolute atomic E-state index is 12.4. The van der Waals surface area contributed by atoms with Gasteiger partial charge in [0.25, 0.3) is 0 Å². The van der Waals surface area contributed by atoms with E-state index >= 15 is 0 Å². The quantitative estimate of drug-likeness (QED) is 0.611. The van der Waals surface area contributed by atoms with Crippen molar-refractivity contribution in [1.29, 1.82) is 0 Å². The van der Waals surface area contributed by atoms with Crippen LogP contribution in [0.15, 0.2) is 53.1 Å². The van der Waals surface area contributed by atoms with Crippen LogP contribution in [0.4, 0.5) is 11.4 Å². The number of benzene rings is 2. The predicted octanol–water partition coefficient (Wildman–Crippen LogP) is 3.81. The minimum Gasteiger partial charge on any atom is -0.441 e. The molecule has 0 unspecified atom stereocenters. The zero-order valence-corrected chi connectivity index (χ0v) is 17.9. The highest BCUT2D eigenvalue weighted by Crippen LogP contribution is 2.29. The van der Waals surface area contributed by atoms with E-state index in [1.165, 1.54) is 5.56 Å². The van der Waals surface area contributed by atoms with E-state index in [4.69, 9.17) is 16.0 Å². The van der Waals surface area contributed by atoms with Gasteiger partial charge in [-0.15, -0.1) is 0 Å². The van der Waals surface area contributed by atoms with E-state index in [1.54, 1.807) is 18.3 Å². The molecular weight excluding hydrogens is 416 g/mol. The summed E-state index contributed by atoms with van der Waals surface area (Å²) in [5, 5.41) is 6.12. The van der Waals surface area contributed by atoms with Crippen molar-refractivity contribution in [1.82, 2.24) is 10.3 Å². The number of nitrogens with zero attached hydrogens (tertiary/aromatic N) is 2. The van der Waals surface area contributed by atoms with Gasteiger partial charge in [-0.25, -0.2) is 4.98 Å². The second-order valence-corrected chi connectivity index (χ2v) is 7.88. The molecule has 2 amide bonds. The van der Waals surface area contributed by atoms with Gasteiger partial charge in [0.2, 0.25) is 11.8 Å². The number of carbonyl (C=O) groups is 2. The normalized spacial score (nSPS) is 13.7. The maximum atomic E-state index is 12.4. The molecule has 4 rings (SSSR count). The summed E-state index contributed by atoms with van der Waals surface area (Å²) >= 11 is 6.39. The maximum Gasteiger partial charge on any atom is 0.239 e. The monoisotopic (exact) mass is 438 g/mol. The summed E-state index contributed by atoms with van der Waals surface area (Å²) in [6.45, 7) is 3.57. The van der Waals surface area contributed by atoms with Crippen LogP contribution in [0, 0.1) is 6.92 Å². The number of aromatic nitrogens is 1. The second kappa shape index (κ2) is 9.22. The largest absolute Gasteiger partial charge is 0.441 e. The van der Waals surface area contributed by atoms with Crippen molar-refractivity contribution in [3.05, 3.63) is 65.1 Å². The molecule has 2 aromatic carbocycles. The topological polar surface area (TPSA) is 87.5 Å². The van der Waals surface area contributed by atoms with Crippen molar-refractivity contribution in [2.75, 3.05) is 29.9 Å². The van der Waals surface area contributed by atoms with E-state index in [2.05, 4.69) is 15.6 Å². The molecule has 7 nitrogen and oxygen atoms in total. The van der Waals surface area contributed by atoms with E-state index in [0.717, 1.165) is 11.3 Å². The Bertz CT molecular complexity index is 1090. The molecule has 1 aromatic heterocycles. The third-order valence-corrected chi connectivity index (χ3v) is 5.37. The first-order chi connectivity index (χ1) is 15.0. The number of hydrogen-bond donors (Lipinski definition) is 2. The predicted molar refractivity (Wildman–Crippen MR) is 120 cm³/mol. The van der Waals surface area contributed by atoms with Gasteiger partial charge in [0.1, 0.15) is 0 Å². The van der Waals surface area contributed by atoms with Crippen LogP contribution >= 0.6 is 11.6 Å². The lowest BCUT2D eigenvalue weighted by Gasteiger charge is -2.29. The van der Waals surface area contributed by atoms with Crippen molar-refractivity contribution < 1.29 is 14.0 Å². The molecule has 1 aliphatic heterocycles. The Kier molecular flexibility index (Phi) is 6.23. The van der Waals surface area contributed by atoms with Gasteiger partial charge in [0.05, 0.1) is 23.5 Å². The van der Waals surface area contributed by atoms with Gasteiger partial charge in [0.15, 0.2) is 11.7 Å². The zero-order chi connectivity index (χ0) is 21.8. The highest BCUT2D eigenvalue weighted by molar-refractivity contribution is 6.33. The van der Waals surface area contributed by atoms with Crippen LogP contribution in [-0.4, -0.2) is 36.4 Å². The fourth-order valence-corrected chi connectivity index (χ4v) is 3.71. The summed E-state index contributed by atoms with van der Waals surface area (Å²) in [7, 11) is 0. The minimum atomic E-state index is -0.156. The summed E-state index contributed by atoms with van der Waals surface area (Å²) in [5.41, 5.74) is 3.51. The van der Waals surface area contributed by atoms with E-state index in [1.807, 2.05) is 42.2 Å². The molecule has 1 fully saturated rings. The molecule has 160 valence electrons. The summed E-state index contributed by atoms with van der Waals surface area (Å²) in [6.07, 6.45) is 2.31. The van der Waals surface area contributed by atoms with Crippen molar-refractivity contribution in [2.24, 2.45) is 0 Å². The van der Waals surface area contributed by atoms with Crippen molar-refractivity contribution >= 4 is 34.8 Å². The summed E-state index contributed by atoms with van der Waals surface area (Å²) in [5.74, 6) is 1.01. The number of rotatable bonds is 6. The smallest absolute Gasteiger partial charge is 0.239 e. The lowest BCUT2D eigenvalue weighted by molar-refractivity contribution is -0.120. The molecule has 8 heteroatoms. The third-order valence-electron chi connectivity index (χ3n) is 5.07. The molecule has 0 bridgehead atoms. The van der Waals surface area contributed by atoms with Gasteiger partial charge in [-0.05, 0) is 25.1 Å². The van der Waals surface area contributed by atoms with Gasteiger partial charge in [-0.3, -0.25) is 9.59 Å². The summed E-state index contributed by atoms with van der Waals surface area (Å²) < 4.78 is 5.77. The van der Waals surface area contributed by atoms with Crippen LogP contribution in [0.25, 0.3) is 11.3 Å². The van der Waals surface area contributed by atoms with Crippen molar-refractivity contribution in [3.63, 3.8) is 0 Å². The Hall–Kier alpha value is -3.32. The highest BCUT2D eigenvalue weighted by Gasteiger charge is 2.19. The van der Waals surface area contributed by atoms with Gasteiger partial charge < -0.3 is 20.0 Å². The third kappa shape index (κ3) is 5.24. The fraction of sp³-hybridized carbons (Fsp3) is 0.261. The first kappa shape index (κ1) is 20.9. The number of hydrogen-bond acceptors (Lipinski definition) is 5. The molecule has 0 saturated carbocycles. The first-order valence-corrected chi connectivity index (χ1v) is 10.5. The first-order valence-electron chi connectivity index (χ1n) is 10.1. The van der Waals surface area contributed by atoms with Crippen LogP contribution in [0.1, 0.15) is 17.9 Å². The van der Waals surface area contributed by atoms with Crippen LogP contribution in [-0.2, 0) is 16.0 Å². The van der Waals surface area contributed by atoms with Crippen molar-refractivity contribution in [3.8, 4) is 11.3 Å². The molecule has 2 heterocycles. The van der Waals surface area contributed by atoms with Crippen molar-refractivity contribution in [2.45, 2.75) is 19.8 Å². The Morgan fingerprint density at radius 2 is 2.06 bits per heavy atom. The lowest BCUT2D eigenvalue weighted by Crippen LogP contribution is -2.47. The second-order valence-electron chi connectivity index (χ2n) is 7.47. The number of anilines is 2. The number of amides is 2. The molecule has 0 spiro atoms. The molecular formula is C23H23ClN4O3. The minimum absolute atomic E-state index is 0.0308. The number of carbonyl (C=O) groups excluding carboxylic acids is 2. The van der Waals surface area contributed by atoms with E-state index in [9.17, 15) is 9.59 Å². The zero-order valence-electron chi connectivity index (χ0n) is 17.2. The molecule has 0 radical (unpaired) electrons. The van der Waals surface area contributed by atoms with E-state index < -0.39 is 0 Å². The number of nitrogens with one attached hydrogen (secondary N) is 2. The Labute approximate surface area is 185 Å².